The predicted octanol–water partition coefficient (Wildman–Crippen LogP) is 1.58. The summed E-state index contributed by atoms with van der Waals surface area (Å²) in [7, 11) is 0. The molecule has 0 amide bonds. The first-order chi connectivity index (χ1) is 6.86. The Bertz CT molecular complexity index is 266. The van der Waals surface area contributed by atoms with E-state index < -0.39 is 0 Å². The summed E-state index contributed by atoms with van der Waals surface area (Å²) < 4.78 is 0. The molecule has 0 atom stereocenters. The molecule has 0 saturated heterocycles. The van der Waals surface area contributed by atoms with Gasteiger partial charge in [0.15, 0.2) is 0 Å². The molecule has 0 bridgehead atoms. The van der Waals surface area contributed by atoms with Gasteiger partial charge < -0.3 is 10.1 Å². The van der Waals surface area contributed by atoms with E-state index in [1.165, 1.54) is 11.1 Å². The number of nitrogens with one attached hydrogen (secondary N) is 1. The molecular formula is C12H17NO. The fourth-order valence-electron chi connectivity index (χ4n) is 1.34. The van der Waals surface area contributed by atoms with Crippen LogP contribution in [0.2, 0.25) is 0 Å². The van der Waals surface area contributed by atoms with E-state index in [0.717, 1.165) is 25.7 Å². The fourth-order valence-corrected chi connectivity index (χ4v) is 1.34. The highest BCUT2D eigenvalue weighted by Crippen LogP contribution is 2.04. The van der Waals surface area contributed by atoms with Gasteiger partial charge in [0.2, 0.25) is 0 Å². The molecule has 0 heterocycles. The Morgan fingerprint density at radius 3 is 2.43 bits per heavy atom. The second-order valence-electron chi connectivity index (χ2n) is 3.29. The second kappa shape index (κ2) is 6.33. The van der Waals surface area contributed by atoms with Crippen LogP contribution in [0.25, 0.3) is 0 Å². The van der Waals surface area contributed by atoms with Crippen LogP contribution < -0.4 is 5.32 Å². The van der Waals surface area contributed by atoms with Gasteiger partial charge >= 0.3 is 0 Å². The Morgan fingerprint density at radius 1 is 1.21 bits per heavy atom. The summed E-state index contributed by atoms with van der Waals surface area (Å²) in [6.07, 6.45) is 2.96. The van der Waals surface area contributed by atoms with Gasteiger partial charge in [-0.15, -0.1) is 0 Å². The molecule has 0 aliphatic rings. The molecule has 2 nitrogen and oxygen atoms in total. The lowest BCUT2D eigenvalue weighted by Crippen LogP contribution is -2.19. The van der Waals surface area contributed by atoms with Crippen LogP contribution in [0.5, 0.6) is 0 Å². The summed E-state index contributed by atoms with van der Waals surface area (Å²) in [4.78, 5) is 10.0. The van der Waals surface area contributed by atoms with Gasteiger partial charge in [0, 0.05) is 0 Å². The molecule has 2 heteroatoms. The largest absolute Gasteiger partial charge is 0.310 e. The van der Waals surface area contributed by atoms with Crippen LogP contribution in [-0.4, -0.2) is 19.4 Å². The zero-order valence-electron chi connectivity index (χ0n) is 8.62. The summed E-state index contributed by atoms with van der Waals surface area (Å²) in [5.41, 5.74) is 2.69. The summed E-state index contributed by atoms with van der Waals surface area (Å²) in [5, 5.41) is 3.04. The number of hydrogen-bond donors (Lipinski definition) is 1. The Kier molecular flexibility index (Phi) is 4.94. The van der Waals surface area contributed by atoms with E-state index in [1.807, 2.05) is 0 Å². The van der Waals surface area contributed by atoms with Gasteiger partial charge in [-0.25, -0.2) is 0 Å². The highest BCUT2D eigenvalue weighted by atomic mass is 16.1. The molecule has 0 saturated carbocycles. The molecule has 0 radical (unpaired) electrons. The highest BCUT2D eigenvalue weighted by Gasteiger charge is 1.93. The Labute approximate surface area is 85.3 Å². The van der Waals surface area contributed by atoms with Gasteiger partial charge in [0.1, 0.15) is 6.29 Å². The fraction of sp³-hybridized carbons (Fsp3) is 0.417. The van der Waals surface area contributed by atoms with Crippen LogP contribution >= 0.6 is 0 Å². The molecule has 1 aromatic carbocycles. The molecule has 0 unspecified atom stereocenters. The van der Waals surface area contributed by atoms with E-state index in [1.54, 1.807) is 0 Å². The number of rotatable bonds is 6. The van der Waals surface area contributed by atoms with E-state index in [2.05, 4.69) is 36.5 Å². The van der Waals surface area contributed by atoms with Crippen LogP contribution in [0.1, 0.15) is 18.1 Å². The van der Waals surface area contributed by atoms with Crippen molar-refractivity contribution in [2.45, 2.75) is 19.8 Å². The van der Waals surface area contributed by atoms with E-state index in [9.17, 15) is 4.79 Å². The Hall–Kier alpha value is -1.15. The summed E-state index contributed by atoms with van der Waals surface area (Å²) in [6, 6.07) is 8.63. The summed E-state index contributed by atoms with van der Waals surface area (Å²) in [5.74, 6) is 0. The molecule has 0 aliphatic carbocycles. The normalized spacial score (nSPS) is 10.1. The number of benzene rings is 1. The first-order valence-corrected chi connectivity index (χ1v) is 5.09. The maximum absolute atomic E-state index is 10.0. The van der Waals surface area contributed by atoms with Gasteiger partial charge in [0.25, 0.3) is 0 Å². The van der Waals surface area contributed by atoms with Crippen LogP contribution in [-0.2, 0) is 17.6 Å². The van der Waals surface area contributed by atoms with Crippen molar-refractivity contribution >= 4 is 6.29 Å². The third-order valence-electron chi connectivity index (χ3n) is 2.25. The van der Waals surface area contributed by atoms with Gasteiger partial charge in [-0.1, -0.05) is 31.2 Å². The number of hydrogen-bond acceptors (Lipinski definition) is 2. The lowest BCUT2D eigenvalue weighted by Gasteiger charge is -2.02. The van der Waals surface area contributed by atoms with Gasteiger partial charge in [-0.05, 0) is 30.5 Å². The molecule has 0 spiro atoms. The van der Waals surface area contributed by atoms with E-state index in [0.29, 0.717) is 6.54 Å². The molecule has 1 aromatic rings. The average Bonchev–Trinajstić information content (AvgIpc) is 2.25. The maximum Gasteiger partial charge on any atom is 0.133 e. The minimum atomic E-state index is 0.451. The van der Waals surface area contributed by atoms with Gasteiger partial charge in [-0.2, -0.15) is 0 Å². The monoisotopic (exact) mass is 191 g/mol. The number of aryl methyl sites for hydroxylation is 1. The third-order valence-corrected chi connectivity index (χ3v) is 2.25. The second-order valence-corrected chi connectivity index (χ2v) is 3.29. The maximum atomic E-state index is 10.0. The summed E-state index contributed by atoms with van der Waals surface area (Å²) in [6.45, 7) is 3.47. The van der Waals surface area contributed by atoms with Crippen molar-refractivity contribution in [2.24, 2.45) is 0 Å². The smallest absolute Gasteiger partial charge is 0.133 e. The zero-order valence-corrected chi connectivity index (χ0v) is 8.62. The predicted molar refractivity (Wildman–Crippen MR) is 58.5 cm³/mol. The number of carbonyl (C=O) groups is 1. The van der Waals surface area contributed by atoms with Crippen LogP contribution in [0, 0.1) is 0 Å². The molecule has 0 aliphatic heterocycles. The average molecular weight is 191 g/mol. The van der Waals surface area contributed by atoms with Crippen molar-refractivity contribution in [3.63, 3.8) is 0 Å². The third kappa shape index (κ3) is 3.71. The minimum absolute atomic E-state index is 0.451. The van der Waals surface area contributed by atoms with Gasteiger partial charge in [-0.3, -0.25) is 0 Å². The standard InChI is InChI=1S/C12H17NO/c1-2-11-3-5-12(6-4-11)7-8-13-9-10-14/h3-6,10,13H,2,7-9H2,1H3. The molecule has 1 rings (SSSR count). The molecule has 0 aromatic heterocycles. The SMILES string of the molecule is CCc1ccc(CCNCC=O)cc1. The summed E-state index contributed by atoms with van der Waals surface area (Å²) >= 11 is 0. The molecular weight excluding hydrogens is 174 g/mol. The van der Waals surface area contributed by atoms with Crippen molar-refractivity contribution in [3.05, 3.63) is 35.4 Å². The number of carbonyl (C=O) groups excluding carboxylic acids is 1. The van der Waals surface area contributed by atoms with Crippen molar-refractivity contribution < 1.29 is 4.79 Å². The molecule has 14 heavy (non-hydrogen) atoms. The Balaban J connectivity index is 2.32. The number of aldehydes is 1. The highest BCUT2D eigenvalue weighted by molar-refractivity contribution is 5.51. The minimum Gasteiger partial charge on any atom is -0.310 e. The Morgan fingerprint density at radius 2 is 1.86 bits per heavy atom. The lowest BCUT2D eigenvalue weighted by atomic mass is 10.1. The molecule has 0 fully saturated rings. The van der Waals surface area contributed by atoms with Crippen molar-refractivity contribution in [3.8, 4) is 0 Å². The quantitative estimate of drug-likeness (QED) is 0.546. The van der Waals surface area contributed by atoms with Crippen LogP contribution in [0.3, 0.4) is 0 Å². The molecule has 76 valence electrons. The topological polar surface area (TPSA) is 29.1 Å². The van der Waals surface area contributed by atoms with Gasteiger partial charge in [0.05, 0.1) is 6.54 Å². The lowest BCUT2D eigenvalue weighted by molar-refractivity contribution is -0.107. The van der Waals surface area contributed by atoms with Crippen LogP contribution in [0.15, 0.2) is 24.3 Å². The van der Waals surface area contributed by atoms with Crippen molar-refractivity contribution in [1.82, 2.24) is 5.32 Å². The van der Waals surface area contributed by atoms with E-state index >= 15 is 0 Å². The molecule has 1 N–H and O–H groups in total. The van der Waals surface area contributed by atoms with Crippen molar-refractivity contribution in [1.29, 1.82) is 0 Å². The van der Waals surface area contributed by atoms with Crippen LogP contribution in [0.4, 0.5) is 0 Å². The first-order valence-electron chi connectivity index (χ1n) is 5.09. The van der Waals surface area contributed by atoms with E-state index in [4.69, 9.17) is 0 Å². The zero-order chi connectivity index (χ0) is 10.2. The van der Waals surface area contributed by atoms with E-state index in [-0.39, 0.29) is 0 Å². The van der Waals surface area contributed by atoms with Crippen molar-refractivity contribution in [2.75, 3.05) is 13.1 Å². The first kappa shape index (κ1) is 10.9.